The zero-order valence-corrected chi connectivity index (χ0v) is 11.8. The molecule has 102 valence electrons. The maximum Gasteiger partial charge on any atom is 0.0701 e. The van der Waals surface area contributed by atoms with Crippen molar-refractivity contribution < 1.29 is 9.47 Å². The Bertz CT molecular complexity index is 191. The van der Waals surface area contributed by atoms with Gasteiger partial charge in [-0.3, -0.25) is 0 Å². The zero-order valence-electron chi connectivity index (χ0n) is 11.8. The van der Waals surface area contributed by atoms with Crippen molar-refractivity contribution in [1.29, 1.82) is 0 Å². The van der Waals surface area contributed by atoms with Crippen LogP contribution in [0.1, 0.15) is 46.5 Å². The topological polar surface area (TPSA) is 30.5 Å². The van der Waals surface area contributed by atoms with Crippen molar-refractivity contribution in [2.24, 2.45) is 5.92 Å². The smallest absolute Gasteiger partial charge is 0.0701 e. The first-order valence-electron chi connectivity index (χ1n) is 7.03. The van der Waals surface area contributed by atoms with Gasteiger partial charge in [0.1, 0.15) is 0 Å². The summed E-state index contributed by atoms with van der Waals surface area (Å²) >= 11 is 0. The molecule has 0 aliphatic heterocycles. The van der Waals surface area contributed by atoms with Crippen LogP contribution in [0.4, 0.5) is 0 Å². The van der Waals surface area contributed by atoms with Gasteiger partial charge in [-0.15, -0.1) is 0 Å². The summed E-state index contributed by atoms with van der Waals surface area (Å²) in [6.45, 7) is 10.8. The third kappa shape index (κ3) is 8.58. The quantitative estimate of drug-likeness (QED) is 0.566. The molecule has 0 aromatic carbocycles. The Kier molecular flexibility index (Phi) is 7.09. The highest BCUT2D eigenvalue weighted by atomic mass is 16.5. The van der Waals surface area contributed by atoms with E-state index in [0.717, 1.165) is 45.3 Å². The Hall–Kier alpha value is -0.120. The lowest BCUT2D eigenvalue weighted by molar-refractivity contribution is 0.0460. The summed E-state index contributed by atoms with van der Waals surface area (Å²) in [5.74, 6) is 0.782. The van der Waals surface area contributed by atoms with Gasteiger partial charge >= 0.3 is 0 Å². The highest BCUT2D eigenvalue weighted by Gasteiger charge is 2.35. The maximum absolute atomic E-state index is 5.50. The molecule has 3 nitrogen and oxygen atoms in total. The number of hydrogen-bond donors (Lipinski definition) is 1. The van der Waals surface area contributed by atoms with Crippen molar-refractivity contribution in [3.63, 3.8) is 0 Å². The van der Waals surface area contributed by atoms with Gasteiger partial charge in [-0.05, 0) is 38.5 Å². The van der Waals surface area contributed by atoms with Gasteiger partial charge in [-0.25, -0.2) is 0 Å². The Labute approximate surface area is 106 Å². The lowest BCUT2D eigenvalue weighted by atomic mass is 10.1. The van der Waals surface area contributed by atoms with Gasteiger partial charge in [-0.1, -0.05) is 13.8 Å². The summed E-state index contributed by atoms with van der Waals surface area (Å²) in [6, 6.07) is 0. The van der Waals surface area contributed by atoms with Gasteiger partial charge in [-0.2, -0.15) is 0 Å². The van der Waals surface area contributed by atoms with Crippen LogP contribution < -0.4 is 5.32 Å². The molecule has 0 bridgehead atoms. The molecule has 0 aromatic heterocycles. The van der Waals surface area contributed by atoms with E-state index in [0.29, 0.717) is 5.54 Å². The van der Waals surface area contributed by atoms with Crippen molar-refractivity contribution in [2.75, 3.05) is 33.0 Å². The molecule has 0 unspecified atom stereocenters. The molecule has 0 amide bonds. The standard InChI is InChI=1S/C14H29NO2/c1-13(2)5-4-9-16-11-12-17-10-8-15-14(3)6-7-14/h13,15H,4-12H2,1-3H3. The van der Waals surface area contributed by atoms with E-state index in [9.17, 15) is 0 Å². The van der Waals surface area contributed by atoms with Gasteiger partial charge < -0.3 is 14.8 Å². The zero-order chi connectivity index (χ0) is 12.6. The second kappa shape index (κ2) is 8.06. The van der Waals surface area contributed by atoms with Crippen LogP contribution in [0.5, 0.6) is 0 Å². The van der Waals surface area contributed by atoms with Crippen LogP contribution in [0, 0.1) is 5.92 Å². The lowest BCUT2D eigenvalue weighted by Gasteiger charge is -2.11. The van der Waals surface area contributed by atoms with Crippen molar-refractivity contribution in [1.82, 2.24) is 5.32 Å². The molecule has 0 heterocycles. The van der Waals surface area contributed by atoms with Crippen LogP contribution in [0.2, 0.25) is 0 Å². The van der Waals surface area contributed by atoms with Crippen LogP contribution >= 0.6 is 0 Å². The van der Waals surface area contributed by atoms with Crippen molar-refractivity contribution in [3.8, 4) is 0 Å². The number of hydrogen-bond acceptors (Lipinski definition) is 3. The molecule has 3 heteroatoms. The van der Waals surface area contributed by atoms with Gasteiger partial charge in [0.2, 0.25) is 0 Å². The summed E-state index contributed by atoms with van der Waals surface area (Å²) < 4.78 is 11.0. The molecule has 1 N–H and O–H groups in total. The first kappa shape index (κ1) is 14.9. The third-order valence-corrected chi connectivity index (χ3v) is 3.24. The third-order valence-electron chi connectivity index (χ3n) is 3.24. The van der Waals surface area contributed by atoms with E-state index < -0.39 is 0 Å². The van der Waals surface area contributed by atoms with E-state index in [4.69, 9.17) is 9.47 Å². The van der Waals surface area contributed by atoms with Gasteiger partial charge in [0.15, 0.2) is 0 Å². The molecule has 1 fully saturated rings. The summed E-state index contributed by atoms with van der Waals surface area (Å²) in [6.07, 6.45) is 5.04. The van der Waals surface area contributed by atoms with Crippen molar-refractivity contribution >= 4 is 0 Å². The first-order chi connectivity index (χ1) is 8.12. The molecular weight excluding hydrogens is 214 g/mol. The highest BCUT2D eigenvalue weighted by Crippen LogP contribution is 2.33. The Morgan fingerprint density at radius 2 is 1.71 bits per heavy atom. The Morgan fingerprint density at radius 1 is 1.06 bits per heavy atom. The SMILES string of the molecule is CC(C)CCCOCCOCCNC1(C)CC1. The number of ether oxygens (including phenoxy) is 2. The van der Waals surface area contributed by atoms with E-state index >= 15 is 0 Å². The molecule has 1 aliphatic rings. The average molecular weight is 243 g/mol. The molecule has 0 radical (unpaired) electrons. The minimum Gasteiger partial charge on any atom is -0.379 e. The van der Waals surface area contributed by atoms with Crippen molar-refractivity contribution in [2.45, 2.75) is 52.0 Å². The molecule has 0 spiro atoms. The molecule has 1 aliphatic carbocycles. The summed E-state index contributed by atoms with van der Waals surface area (Å²) in [5.41, 5.74) is 0.427. The summed E-state index contributed by atoms with van der Waals surface area (Å²) in [5, 5.41) is 3.49. The maximum atomic E-state index is 5.50. The fraction of sp³-hybridized carbons (Fsp3) is 1.00. The summed E-state index contributed by atoms with van der Waals surface area (Å²) in [7, 11) is 0. The first-order valence-corrected chi connectivity index (χ1v) is 7.03. The van der Waals surface area contributed by atoms with E-state index in [1.165, 1.54) is 19.3 Å². The lowest BCUT2D eigenvalue weighted by Crippen LogP contribution is -2.31. The Balaban J connectivity index is 1.70. The van der Waals surface area contributed by atoms with E-state index in [2.05, 4.69) is 26.1 Å². The minimum absolute atomic E-state index is 0.427. The molecule has 0 saturated heterocycles. The minimum atomic E-state index is 0.427. The van der Waals surface area contributed by atoms with Crippen LogP contribution in [0.3, 0.4) is 0 Å². The average Bonchev–Trinajstić information content (AvgIpc) is 2.99. The van der Waals surface area contributed by atoms with Gasteiger partial charge in [0.05, 0.1) is 19.8 Å². The predicted molar refractivity (Wildman–Crippen MR) is 71.4 cm³/mol. The fourth-order valence-electron chi connectivity index (χ4n) is 1.70. The van der Waals surface area contributed by atoms with E-state index in [-0.39, 0.29) is 0 Å². The number of nitrogens with one attached hydrogen (secondary N) is 1. The predicted octanol–water partition coefficient (Wildman–Crippen LogP) is 2.60. The van der Waals surface area contributed by atoms with E-state index in [1.54, 1.807) is 0 Å². The second-order valence-electron chi connectivity index (χ2n) is 5.75. The molecule has 0 aromatic rings. The normalized spacial score (nSPS) is 17.6. The fourth-order valence-corrected chi connectivity index (χ4v) is 1.70. The highest BCUT2D eigenvalue weighted by molar-refractivity contribution is 4.97. The largest absolute Gasteiger partial charge is 0.379 e. The van der Waals surface area contributed by atoms with Crippen molar-refractivity contribution in [3.05, 3.63) is 0 Å². The van der Waals surface area contributed by atoms with Crippen LogP contribution in [0.15, 0.2) is 0 Å². The Morgan fingerprint density at radius 3 is 2.29 bits per heavy atom. The van der Waals surface area contributed by atoms with E-state index in [1.807, 2.05) is 0 Å². The number of rotatable bonds is 11. The van der Waals surface area contributed by atoms with Crippen LogP contribution in [-0.2, 0) is 9.47 Å². The molecule has 0 atom stereocenters. The monoisotopic (exact) mass is 243 g/mol. The van der Waals surface area contributed by atoms with Gasteiger partial charge in [0, 0.05) is 18.7 Å². The van der Waals surface area contributed by atoms with Crippen LogP contribution in [0.25, 0.3) is 0 Å². The summed E-state index contributed by atoms with van der Waals surface area (Å²) in [4.78, 5) is 0. The molecule has 17 heavy (non-hydrogen) atoms. The van der Waals surface area contributed by atoms with Gasteiger partial charge in [0.25, 0.3) is 0 Å². The molecular formula is C14H29NO2. The molecule has 1 rings (SSSR count). The second-order valence-corrected chi connectivity index (χ2v) is 5.75. The van der Waals surface area contributed by atoms with Crippen LogP contribution in [-0.4, -0.2) is 38.5 Å². The molecule has 1 saturated carbocycles.